The van der Waals surface area contributed by atoms with Gasteiger partial charge >= 0.3 is 0 Å². The van der Waals surface area contributed by atoms with Gasteiger partial charge in [-0.05, 0) is 30.0 Å². The number of hydrogen-bond acceptors (Lipinski definition) is 2. The van der Waals surface area contributed by atoms with E-state index in [1.54, 1.807) is 24.3 Å². The molecule has 1 atom stereocenters. The number of hydrogen-bond donors (Lipinski definition) is 0. The van der Waals surface area contributed by atoms with Crippen LogP contribution in [0.3, 0.4) is 0 Å². The topological polar surface area (TPSA) is 18.5 Å². The van der Waals surface area contributed by atoms with E-state index >= 15 is 0 Å². The van der Waals surface area contributed by atoms with Gasteiger partial charge in [0.1, 0.15) is 5.75 Å². The van der Waals surface area contributed by atoms with Gasteiger partial charge in [0.15, 0.2) is 34.9 Å². The Hall–Kier alpha value is -3.30. The molecular weight excluding hydrogens is 460 g/mol. The highest BCUT2D eigenvalue weighted by Crippen LogP contribution is 2.39. The molecule has 3 aromatic carbocycles. The monoisotopic (exact) mass is 476 g/mol. The molecule has 3 rings (SSSR count). The predicted octanol–water partition coefficient (Wildman–Crippen LogP) is 7.40. The van der Waals surface area contributed by atoms with Crippen LogP contribution < -0.4 is 9.47 Å². The molecule has 0 aromatic heterocycles. The van der Waals surface area contributed by atoms with Crippen LogP contribution >= 0.6 is 0 Å². The summed E-state index contributed by atoms with van der Waals surface area (Å²) >= 11 is 0. The molecule has 33 heavy (non-hydrogen) atoms. The van der Waals surface area contributed by atoms with Gasteiger partial charge in [0.25, 0.3) is 0 Å². The van der Waals surface area contributed by atoms with E-state index in [0.717, 1.165) is 12.0 Å². The molecule has 3 aromatic rings. The van der Waals surface area contributed by atoms with Crippen molar-refractivity contribution in [1.29, 1.82) is 0 Å². The van der Waals surface area contributed by atoms with Crippen LogP contribution in [-0.2, 0) is 0 Å². The maximum atomic E-state index is 14.4. The lowest BCUT2D eigenvalue weighted by atomic mass is 9.99. The molecule has 0 heterocycles. The van der Waals surface area contributed by atoms with E-state index in [1.807, 2.05) is 13.8 Å². The molecule has 1 unspecified atom stereocenters. The minimum atomic E-state index is -2.32. The van der Waals surface area contributed by atoms with Gasteiger partial charge in [-0.25, -0.2) is 26.3 Å². The van der Waals surface area contributed by atoms with E-state index in [0.29, 0.717) is 0 Å². The second-order valence-corrected chi connectivity index (χ2v) is 7.09. The smallest absolute Gasteiger partial charge is 0.231 e. The van der Waals surface area contributed by atoms with Crippen molar-refractivity contribution in [3.05, 3.63) is 82.4 Å². The summed E-state index contributed by atoms with van der Waals surface area (Å²) in [7, 11) is 0. The van der Waals surface area contributed by atoms with Gasteiger partial charge in [-0.2, -0.15) is 8.78 Å². The average molecular weight is 476 g/mol. The van der Waals surface area contributed by atoms with E-state index in [-0.39, 0.29) is 17.7 Å². The molecule has 0 saturated heterocycles. The van der Waals surface area contributed by atoms with Gasteiger partial charge in [0.05, 0.1) is 11.1 Å². The van der Waals surface area contributed by atoms with Crippen molar-refractivity contribution in [2.45, 2.75) is 26.2 Å². The van der Waals surface area contributed by atoms with Gasteiger partial charge in [0.2, 0.25) is 24.2 Å². The van der Waals surface area contributed by atoms with Gasteiger partial charge in [-0.3, -0.25) is 0 Å². The number of rotatable bonds is 7. The summed E-state index contributed by atoms with van der Waals surface area (Å²) in [5, 5.41) is 0. The third-order valence-corrected chi connectivity index (χ3v) is 5.08. The molecule has 0 aliphatic rings. The molecule has 0 saturated carbocycles. The van der Waals surface area contributed by atoms with Crippen molar-refractivity contribution in [1.82, 2.24) is 0 Å². The van der Waals surface area contributed by atoms with Gasteiger partial charge in [-0.15, -0.1) is 0 Å². The lowest BCUT2D eigenvalue weighted by molar-refractivity contribution is 0.108. The van der Waals surface area contributed by atoms with Crippen molar-refractivity contribution >= 4 is 0 Å². The minimum Gasteiger partial charge on any atom is -0.457 e. The first-order chi connectivity index (χ1) is 15.6. The highest BCUT2D eigenvalue weighted by molar-refractivity contribution is 5.68. The molecular formula is C23H16F8O2. The van der Waals surface area contributed by atoms with E-state index in [1.165, 1.54) is 0 Å². The van der Waals surface area contributed by atoms with Crippen LogP contribution in [0.4, 0.5) is 35.1 Å². The Labute approximate surface area is 183 Å². The fourth-order valence-electron chi connectivity index (χ4n) is 3.04. The summed E-state index contributed by atoms with van der Waals surface area (Å²) in [5.74, 6) is -18.6. The van der Waals surface area contributed by atoms with Crippen molar-refractivity contribution in [2.24, 2.45) is 0 Å². The van der Waals surface area contributed by atoms with E-state index in [4.69, 9.17) is 4.74 Å². The quantitative estimate of drug-likeness (QED) is 0.201. The van der Waals surface area contributed by atoms with Crippen LogP contribution in [0.5, 0.6) is 11.5 Å². The van der Waals surface area contributed by atoms with Crippen LogP contribution in [0.25, 0.3) is 11.1 Å². The highest BCUT2D eigenvalue weighted by Gasteiger charge is 2.33. The molecule has 176 valence electrons. The molecule has 0 fully saturated rings. The van der Waals surface area contributed by atoms with Crippen molar-refractivity contribution in [2.75, 3.05) is 6.79 Å². The van der Waals surface area contributed by atoms with Crippen LogP contribution in [0.1, 0.15) is 31.7 Å². The van der Waals surface area contributed by atoms with Gasteiger partial charge in [-0.1, -0.05) is 26.0 Å². The van der Waals surface area contributed by atoms with E-state index in [9.17, 15) is 35.1 Å². The average Bonchev–Trinajstić information content (AvgIpc) is 2.80. The standard InChI is InChI=1S/C23H16F8O2/c1-3-10(2)11-4-6-12(7-5-11)32-9-33-23-21(30)19(28)16(20(29)22(23)31)15-17(26)13(24)8-14(25)18(15)27/h4-8,10H,3,9H2,1-2H3. The van der Waals surface area contributed by atoms with Crippen LogP contribution in [0, 0.1) is 46.5 Å². The Bertz CT molecular complexity index is 1120. The lowest BCUT2D eigenvalue weighted by Gasteiger charge is -2.15. The van der Waals surface area contributed by atoms with Crippen LogP contribution in [0.15, 0.2) is 30.3 Å². The SMILES string of the molecule is CCC(C)c1ccc(OCOc2c(F)c(F)c(-c3c(F)c(F)cc(F)c3F)c(F)c2F)cc1. The zero-order valence-corrected chi connectivity index (χ0v) is 17.2. The Balaban J connectivity index is 1.90. The Morgan fingerprint density at radius 1 is 0.667 bits per heavy atom. The Morgan fingerprint density at radius 2 is 1.15 bits per heavy atom. The molecule has 2 nitrogen and oxygen atoms in total. The molecule has 0 bridgehead atoms. The summed E-state index contributed by atoms with van der Waals surface area (Å²) in [4.78, 5) is 0. The maximum absolute atomic E-state index is 14.4. The first kappa shape index (κ1) is 24.3. The van der Waals surface area contributed by atoms with Crippen LogP contribution in [-0.4, -0.2) is 6.79 Å². The fraction of sp³-hybridized carbons (Fsp3) is 0.217. The van der Waals surface area contributed by atoms with Crippen molar-refractivity contribution in [3.63, 3.8) is 0 Å². The largest absolute Gasteiger partial charge is 0.457 e. The second kappa shape index (κ2) is 9.68. The minimum absolute atomic E-state index is 0.221. The maximum Gasteiger partial charge on any atom is 0.231 e. The summed E-state index contributed by atoms with van der Waals surface area (Å²) in [5.41, 5.74) is -2.90. The molecule has 0 spiro atoms. The summed E-state index contributed by atoms with van der Waals surface area (Å²) < 4.78 is 122. The summed E-state index contributed by atoms with van der Waals surface area (Å²) in [6.45, 7) is 3.13. The zero-order valence-electron chi connectivity index (χ0n) is 17.2. The van der Waals surface area contributed by atoms with Crippen molar-refractivity contribution < 1.29 is 44.6 Å². The molecule has 0 amide bonds. The summed E-state index contributed by atoms with van der Waals surface area (Å²) in [6.07, 6.45) is 0.894. The second-order valence-electron chi connectivity index (χ2n) is 7.09. The van der Waals surface area contributed by atoms with E-state index in [2.05, 4.69) is 4.74 Å². The molecule has 0 N–H and O–H groups in total. The normalized spacial score (nSPS) is 12.1. The number of benzene rings is 3. The van der Waals surface area contributed by atoms with Crippen LogP contribution in [0.2, 0.25) is 0 Å². The molecule has 10 heteroatoms. The Kier molecular flexibility index (Phi) is 7.14. The predicted molar refractivity (Wildman–Crippen MR) is 103 cm³/mol. The lowest BCUT2D eigenvalue weighted by Crippen LogP contribution is -2.12. The first-order valence-electron chi connectivity index (χ1n) is 9.63. The number of ether oxygens (including phenoxy) is 2. The Morgan fingerprint density at radius 3 is 1.64 bits per heavy atom. The third kappa shape index (κ3) is 4.60. The van der Waals surface area contributed by atoms with E-state index < -0.39 is 70.2 Å². The highest BCUT2D eigenvalue weighted by atomic mass is 19.2. The zero-order chi connectivity index (χ0) is 24.4. The number of halogens is 8. The first-order valence-corrected chi connectivity index (χ1v) is 9.63. The third-order valence-electron chi connectivity index (χ3n) is 5.08. The van der Waals surface area contributed by atoms with Gasteiger partial charge < -0.3 is 9.47 Å². The van der Waals surface area contributed by atoms with Gasteiger partial charge in [0, 0.05) is 6.07 Å². The fourth-order valence-corrected chi connectivity index (χ4v) is 3.04. The molecule has 0 aliphatic heterocycles. The van der Waals surface area contributed by atoms with Crippen molar-refractivity contribution in [3.8, 4) is 22.6 Å². The summed E-state index contributed by atoms with van der Waals surface area (Å²) in [6, 6.07) is 6.37. The molecule has 0 aliphatic carbocycles. The molecule has 0 radical (unpaired) electrons.